The van der Waals surface area contributed by atoms with E-state index in [0.29, 0.717) is 23.8 Å². The molecule has 2 fully saturated rings. The normalized spacial score (nSPS) is 28.0. The molecule has 0 unspecified atom stereocenters. The first-order valence-electron chi connectivity index (χ1n) is 8.26. The Morgan fingerprint density at radius 1 is 1.29 bits per heavy atom. The zero-order chi connectivity index (χ0) is 16.5. The number of nitrogens with two attached hydrogens (primary N) is 1. The van der Waals surface area contributed by atoms with E-state index in [1.165, 1.54) is 11.8 Å². The number of amides is 1. The summed E-state index contributed by atoms with van der Waals surface area (Å²) in [7, 11) is 0. The van der Waals surface area contributed by atoms with E-state index in [2.05, 4.69) is 39.6 Å². The van der Waals surface area contributed by atoms with Crippen molar-refractivity contribution in [3.05, 3.63) is 54.0 Å². The Morgan fingerprint density at radius 2 is 2.12 bits per heavy atom. The van der Waals surface area contributed by atoms with Gasteiger partial charge in [0.1, 0.15) is 11.5 Å². The number of ether oxygens (including phenoxy) is 1. The number of benzene rings is 1. The maximum absolute atomic E-state index is 11.3. The molecule has 4 atom stereocenters. The van der Waals surface area contributed by atoms with Gasteiger partial charge < -0.3 is 15.8 Å². The molecule has 2 heterocycles. The van der Waals surface area contributed by atoms with Gasteiger partial charge in [-0.2, -0.15) is 0 Å². The van der Waals surface area contributed by atoms with Crippen molar-refractivity contribution in [1.29, 1.82) is 0 Å². The SMILES string of the molecule is NC(=O)c1cncc(N[C@@H]2[C@@H](Cc3ccccc3)[C@H]3OCC[C@@H]23)n1. The summed E-state index contributed by atoms with van der Waals surface area (Å²) in [5.74, 6) is 0.902. The van der Waals surface area contributed by atoms with Crippen molar-refractivity contribution in [2.75, 3.05) is 11.9 Å². The Labute approximate surface area is 140 Å². The molecule has 1 saturated carbocycles. The smallest absolute Gasteiger partial charge is 0.268 e. The minimum atomic E-state index is -0.567. The molecule has 1 aromatic heterocycles. The molecular formula is C18H20N4O2. The molecule has 124 valence electrons. The van der Waals surface area contributed by atoms with Gasteiger partial charge in [-0.3, -0.25) is 9.78 Å². The summed E-state index contributed by atoms with van der Waals surface area (Å²) >= 11 is 0. The molecule has 1 aromatic carbocycles. The average molecular weight is 324 g/mol. The predicted octanol–water partition coefficient (Wildman–Crippen LogP) is 1.63. The van der Waals surface area contributed by atoms with Crippen LogP contribution in [0.15, 0.2) is 42.7 Å². The standard InChI is InChI=1S/C18H20N4O2/c19-18(23)14-9-20-10-15(21-14)22-16-12-6-7-24-17(12)13(16)8-11-4-2-1-3-5-11/h1-5,9-10,12-13,16-17H,6-8H2,(H2,19,23)(H,21,22)/t12-,13+,16-,17-/m0/s1. The second kappa shape index (κ2) is 6.20. The fourth-order valence-corrected chi connectivity index (χ4v) is 3.90. The van der Waals surface area contributed by atoms with Crippen molar-refractivity contribution in [1.82, 2.24) is 9.97 Å². The summed E-state index contributed by atoms with van der Waals surface area (Å²) in [5.41, 5.74) is 6.77. The molecule has 3 N–H and O–H groups in total. The summed E-state index contributed by atoms with van der Waals surface area (Å²) in [6.45, 7) is 0.811. The molecule has 0 radical (unpaired) electrons. The highest BCUT2D eigenvalue weighted by Crippen LogP contribution is 2.46. The number of carbonyl (C=O) groups excluding carboxylic acids is 1. The number of hydrogen-bond acceptors (Lipinski definition) is 5. The Morgan fingerprint density at radius 3 is 2.92 bits per heavy atom. The molecular weight excluding hydrogens is 304 g/mol. The first kappa shape index (κ1) is 15.1. The van der Waals surface area contributed by atoms with E-state index in [-0.39, 0.29) is 11.7 Å². The molecule has 1 aliphatic carbocycles. The van der Waals surface area contributed by atoms with Gasteiger partial charge >= 0.3 is 0 Å². The van der Waals surface area contributed by atoms with E-state index in [4.69, 9.17) is 10.5 Å². The van der Waals surface area contributed by atoms with Crippen molar-refractivity contribution < 1.29 is 9.53 Å². The minimum absolute atomic E-state index is 0.179. The Balaban J connectivity index is 1.52. The van der Waals surface area contributed by atoms with Gasteiger partial charge in [-0.25, -0.2) is 4.98 Å². The van der Waals surface area contributed by atoms with Gasteiger partial charge in [-0.05, 0) is 18.4 Å². The summed E-state index contributed by atoms with van der Waals surface area (Å²) < 4.78 is 5.92. The monoisotopic (exact) mass is 324 g/mol. The highest BCUT2D eigenvalue weighted by molar-refractivity contribution is 5.90. The molecule has 1 amide bonds. The average Bonchev–Trinajstić information content (AvgIpc) is 3.03. The van der Waals surface area contributed by atoms with Crippen LogP contribution in [-0.2, 0) is 11.2 Å². The zero-order valence-electron chi connectivity index (χ0n) is 13.3. The van der Waals surface area contributed by atoms with Crippen molar-refractivity contribution in [2.24, 2.45) is 17.6 Å². The fourth-order valence-electron chi connectivity index (χ4n) is 3.90. The van der Waals surface area contributed by atoms with E-state index in [1.807, 2.05) is 6.07 Å². The summed E-state index contributed by atoms with van der Waals surface area (Å²) in [4.78, 5) is 19.6. The third kappa shape index (κ3) is 2.73. The minimum Gasteiger partial charge on any atom is -0.377 e. The second-order valence-electron chi connectivity index (χ2n) is 6.47. The second-order valence-corrected chi connectivity index (χ2v) is 6.47. The van der Waals surface area contributed by atoms with Crippen LogP contribution in [-0.4, -0.2) is 34.6 Å². The summed E-state index contributed by atoms with van der Waals surface area (Å²) in [6, 6.07) is 10.7. The maximum Gasteiger partial charge on any atom is 0.268 e. The topological polar surface area (TPSA) is 90.1 Å². The van der Waals surface area contributed by atoms with E-state index in [0.717, 1.165) is 19.4 Å². The third-order valence-electron chi connectivity index (χ3n) is 5.04. The molecule has 6 heteroatoms. The number of anilines is 1. The molecule has 0 spiro atoms. The highest BCUT2D eigenvalue weighted by Gasteiger charge is 2.53. The van der Waals surface area contributed by atoms with Crippen LogP contribution in [0, 0.1) is 11.8 Å². The van der Waals surface area contributed by atoms with Crippen LogP contribution in [0.2, 0.25) is 0 Å². The Hall–Kier alpha value is -2.47. The molecule has 1 aliphatic heterocycles. The maximum atomic E-state index is 11.3. The van der Waals surface area contributed by atoms with Gasteiger partial charge in [0.25, 0.3) is 5.91 Å². The lowest BCUT2D eigenvalue weighted by Crippen LogP contribution is -2.58. The van der Waals surface area contributed by atoms with Crippen molar-refractivity contribution in [3.63, 3.8) is 0 Å². The van der Waals surface area contributed by atoms with Gasteiger partial charge in [0.2, 0.25) is 0 Å². The van der Waals surface area contributed by atoms with Crippen LogP contribution >= 0.6 is 0 Å². The number of hydrogen-bond donors (Lipinski definition) is 2. The van der Waals surface area contributed by atoms with Gasteiger partial charge in [-0.15, -0.1) is 0 Å². The Kier molecular flexibility index (Phi) is 3.90. The number of rotatable bonds is 5. The number of fused-ring (bicyclic) bond motifs is 1. The van der Waals surface area contributed by atoms with Crippen LogP contribution in [0.3, 0.4) is 0 Å². The lowest BCUT2D eigenvalue weighted by Gasteiger charge is -2.48. The van der Waals surface area contributed by atoms with Gasteiger partial charge in [0, 0.05) is 24.5 Å². The highest BCUT2D eigenvalue weighted by atomic mass is 16.5. The first-order valence-corrected chi connectivity index (χ1v) is 8.26. The van der Waals surface area contributed by atoms with E-state index < -0.39 is 5.91 Å². The van der Waals surface area contributed by atoms with Crippen LogP contribution in [0.5, 0.6) is 0 Å². The van der Waals surface area contributed by atoms with Gasteiger partial charge in [0.05, 0.1) is 18.5 Å². The number of nitrogens with zero attached hydrogens (tertiary/aromatic N) is 2. The van der Waals surface area contributed by atoms with E-state index >= 15 is 0 Å². The van der Waals surface area contributed by atoms with Crippen LogP contribution in [0.1, 0.15) is 22.5 Å². The van der Waals surface area contributed by atoms with Crippen LogP contribution in [0.25, 0.3) is 0 Å². The van der Waals surface area contributed by atoms with Crippen molar-refractivity contribution >= 4 is 11.7 Å². The van der Waals surface area contributed by atoms with E-state index in [9.17, 15) is 4.79 Å². The van der Waals surface area contributed by atoms with Crippen LogP contribution in [0.4, 0.5) is 5.82 Å². The number of aromatic nitrogens is 2. The Bertz CT molecular complexity index is 737. The van der Waals surface area contributed by atoms with Gasteiger partial charge in [0.15, 0.2) is 0 Å². The number of nitrogens with one attached hydrogen (secondary N) is 1. The predicted molar refractivity (Wildman–Crippen MR) is 89.4 cm³/mol. The molecule has 24 heavy (non-hydrogen) atoms. The quantitative estimate of drug-likeness (QED) is 0.872. The lowest BCUT2D eigenvalue weighted by molar-refractivity contribution is -0.0365. The number of carbonyl (C=O) groups is 1. The summed E-state index contributed by atoms with van der Waals surface area (Å²) in [5, 5.41) is 3.45. The molecule has 4 rings (SSSR count). The largest absolute Gasteiger partial charge is 0.377 e. The number of primary amides is 1. The van der Waals surface area contributed by atoms with E-state index in [1.54, 1.807) is 6.20 Å². The lowest BCUT2D eigenvalue weighted by atomic mass is 9.64. The molecule has 2 aromatic rings. The van der Waals surface area contributed by atoms with Crippen LogP contribution < -0.4 is 11.1 Å². The van der Waals surface area contributed by atoms with Crippen molar-refractivity contribution in [3.8, 4) is 0 Å². The molecule has 6 nitrogen and oxygen atoms in total. The molecule has 2 aliphatic rings. The summed E-state index contributed by atoms with van der Waals surface area (Å²) in [6.07, 6.45) is 5.33. The zero-order valence-corrected chi connectivity index (χ0v) is 13.3. The fraction of sp³-hybridized carbons (Fsp3) is 0.389. The first-order chi connectivity index (χ1) is 11.7. The van der Waals surface area contributed by atoms with Crippen molar-refractivity contribution in [2.45, 2.75) is 25.0 Å². The molecule has 1 saturated heterocycles. The molecule has 0 bridgehead atoms. The third-order valence-corrected chi connectivity index (χ3v) is 5.04. The van der Waals surface area contributed by atoms with Gasteiger partial charge in [-0.1, -0.05) is 30.3 Å².